The first-order valence-corrected chi connectivity index (χ1v) is 6.58. The van der Waals surface area contributed by atoms with Gasteiger partial charge in [-0.3, -0.25) is 0 Å². The molecule has 0 radical (unpaired) electrons. The third kappa shape index (κ3) is 7.26. The zero-order valence-electron chi connectivity index (χ0n) is 10.5. The van der Waals surface area contributed by atoms with Gasteiger partial charge in [-0.2, -0.15) is 0 Å². The van der Waals surface area contributed by atoms with Crippen LogP contribution in [0.1, 0.15) is 32.0 Å². The maximum absolute atomic E-state index is 8.69. The summed E-state index contributed by atoms with van der Waals surface area (Å²) in [5.74, 6) is 0. The van der Waals surface area contributed by atoms with E-state index in [4.69, 9.17) is 5.11 Å². The molecule has 1 rings (SSSR count). The molecule has 0 aliphatic rings. The van der Waals surface area contributed by atoms with Crippen molar-refractivity contribution in [3.05, 3.63) is 41.2 Å². The molecule has 0 aliphatic carbocycles. The number of aliphatic hydroxyl groups is 1. The van der Waals surface area contributed by atoms with Crippen molar-refractivity contribution in [1.82, 2.24) is 10.3 Å². The molecule has 0 spiro atoms. The molecule has 17 heavy (non-hydrogen) atoms. The number of aromatic nitrogens is 1. The first-order valence-electron chi connectivity index (χ1n) is 5.78. The molecule has 0 saturated carbocycles. The smallest absolute Gasteiger partial charge is 0.106 e. The Bertz CT molecular complexity index is 318. The van der Waals surface area contributed by atoms with Crippen LogP contribution in [0.5, 0.6) is 0 Å². The molecule has 2 N–H and O–H groups in total. The Morgan fingerprint density at radius 2 is 2.18 bits per heavy atom. The molecule has 1 aromatic heterocycles. The number of nitrogens with zero attached hydrogens (tertiary/aromatic N) is 1. The summed E-state index contributed by atoms with van der Waals surface area (Å²) < 4.78 is 0.799. The lowest BCUT2D eigenvalue weighted by Gasteiger charge is -2.13. The maximum atomic E-state index is 8.69. The van der Waals surface area contributed by atoms with Crippen molar-refractivity contribution in [3.8, 4) is 0 Å². The summed E-state index contributed by atoms with van der Waals surface area (Å²) in [5.41, 5.74) is 0.892. The molecule has 0 unspecified atom stereocenters. The largest absolute Gasteiger partial charge is 0.395 e. The molecule has 0 aliphatic heterocycles. The fourth-order valence-corrected chi connectivity index (χ4v) is 1.48. The fourth-order valence-electron chi connectivity index (χ4n) is 1.13. The summed E-state index contributed by atoms with van der Waals surface area (Å²) in [5, 5.41) is 11.8. The second-order valence-corrected chi connectivity index (χ2v) is 4.30. The molecular formula is C13H21BrN2O. The minimum atomic E-state index is -0.0142. The van der Waals surface area contributed by atoms with Gasteiger partial charge in [0, 0.05) is 6.54 Å². The maximum Gasteiger partial charge on any atom is 0.106 e. The van der Waals surface area contributed by atoms with E-state index in [1.165, 1.54) is 6.42 Å². The van der Waals surface area contributed by atoms with Gasteiger partial charge in [0.25, 0.3) is 0 Å². The van der Waals surface area contributed by atoms with Gasteiger partial charge in [-0.15, -0.1) is 6.58 Å². The van der Waals surface area contributed by atoms with Gasteiger partial charge in [0.15, 0.2) is 0 Å². The number of rotatable bonds is 5. The van der Waals surface area contributed by atoms with Crippen molar-refractivity contribution in [2.45, 2.75) is 26.3 Å². The highest BCUT2D eigenvalue weighted by Gasteiger charge is 2.07. The van der Waals surface area contributed by atoms with Crippen LogP contribution in [0.4, 0.5) is 0 Å². The van der Waals surface area contributed by atoms with Crippen LogP contribution < -0.4 is 5.32 Å². The average molecular weight is 301 g/mol. The normalized spacial score (nSPS) is 11.3. The molecule has 0 amide bonds. The van der Waals surface area contributed by atoms with Gasteiger partial charge in [0.05, 0.1) is 18.3 Å². The van der Waals surface area contributed by atoms with Crippen LogP contribution in [-0.2, 0) is 0 Å². The fraction of sp³-hybridized carbons (Fsp3) is 0.462. The Morgan fingerprint density at radius 3 is 2.65 bits per heavy atom. The lowest BCUT2D eigenvalue weighted by atomic mass is 10.2. The Balaban J connectivity index is 0.000000770. The van der Waals surface area contributed by atoms with Gasteiger partial charge >= 0.3 is 0 Å². The summed E-state index contributed by atoms with van der Waals surface area (Å²) in [6, 6.07) is 5.69. The molecule has 3 nitrogen and oxygen atoms in total. The molecule has 1 heterocycles. The van der Waals surface area contributed by atoms with Crippen molar-refractivity contribution in [2.24, 2.45) is 0 Å². The predicted octanol–water partition coefficient (Wildman–Crippen LogP) is 3.07. The quantitative estimate of drug-likeness (QED) is 0.649. The van der Waals surface area contributed by atoms with Crippen LogP contribution in [0.15, 0.2) is 35.5 Å². The number of pyridine rings is 1. The first-order chi connectivity index (χ1) is 8.19. The van der Waals surface area contributed by atoms with E-state index < -0.39 is 0 Å². The Kier molecular flexibility index (Phi) is 10.0. The number of hydrogen-bond acceptors (Lipinski definition) is 3. The van der Waals surface area contributed by atoms with Gasteiger partial charge < -0.3 is 10.4 Å². The van der Waals surface area contributed by atoms with Gasteiger partial charge in [0.2, 0.25) is 0 Å². The van der Waals surface area contributed by atoms with Gasteiger partial charge in [-0.05, 0) is 28.1 Å². The molecule has 0 fully saturated rings. The highest BCUT2D eigenvalue weighted by Crippen LogP contribution is 2.14. The minimum absolute atomic E-state index is 0.0142. The highest BCUT2D eigenvalue weighted by molar-refractivity contribution is 9.10. The predicted molar refractivity (Wildman–Crippen MR) is 75.9 cm³/mol. The molecule has 0 saturated heterocycles. The van der Waals surface area contributed by atoms with Gasteiger partial charge in [0.1, 0.15) is 4.60 Å². The van der Waals surface area contributed by atoms with Crippen molar-refractivity contribution < 1.29 is 5.11 Å². The SMILES string of the molecule is C=C[C@H](NCCO)c1cccc(Br)n1.CCC. The first kappa shape index (κ1) is 16.3. The van der Waals surface area contributed by atoms with Crippen molar-refractivity contribution in [3.63, 3.8) is 0 Å². The van der Waals surface area contributed by atoms with E-state index in [-0.39, 0.29) is 12.6 Å². The summed E-state index contributed by atoms with van der Waals surface area (Å²) in [6.45, 7) is 8.61. The summed E-state index contributed by atoms with van der Waals surface area (Å²) in [7, 11) is 0. The number of aliphatic hydroxyl groups excluding tert-OH is 1. The molecule has 0 bridgehead atoms. The number of hydrogen-bond donors (Lipinski definition) is 2. The standard InChI is InChI=1S/C10H13BrN2O.C3H8/c1-2-8(12-6-7-14)9-4-3-5-10(11)13-9;1-3-2/h2-5,8,12,14H,1,6-7H2;3H2,1-2H3/t8-;/m0./s1. The average Bonchev–Trinajstić information content (AvgIpc) is 2.31. The van der Waals surface area contributed by atoms with E-state index >= 15 is 0 Å². The van der Waals surface area contributed by atoms with E-state index in [0.717, 1.165) is 10.3 Å². The van der Waals surface area contributed by atoms with Crippen molar-refractivity contribution in [1.29, 1.82) is 0 Å². The van der Waals surface area contributed by atoms with Gasteiger partial charge in [-0.1, -0.05) is 32.4 Å². The van der Waals surface area contributed by atoms with Crippen LogP contribution in [0.25, 0.3) is 0 Å². The van der Waals surface area contributed by atoms with Gasteiger partial charge in [-0.25, -0.2) is 4.98 Å². The monoisotopic (exact) mass is 300 g/mol. The second kappa shape index (κ2) is 10.4. The van der Waals surface area contributed by atoms with Crippen LogP contribution in [0.2, 0.25) is 0 Å². The topological polar surface area (TPSA) is 45.1 Å². The summed E-state index contributed by atoms with van der Waals surface area (Å²) in [6.07, 6.45) is 3.02. The van der Waals surface area contributed by atoms with E-state index in [0.29, 0.717) is 6.54 Å². The van der Waals surface area contributed by atoms with E-state index in [1.807, 2.05) is 18.2 Å². The van der Waals surface area contributed by atoms with Crippen LogP contribution in [-0.4, -0.2) is 23.2 Å². The zero-order valence-corrected chi connectivity index (χ0v) is 12.1. The molecule has 1 atom stereocenters. The minimum Gasteiger partial charge on any atom is -0.395 e. The lowest BCUT2D eigenvalue weighted by Crippen LogP contribution is -2.23. The molecular weight excluding hydrogens is 280 g/mol. The van der Waals surface area contributed by atoms with Crippen LogP contribution >= 0.6 is 15.9 Å². The number of halogens is 1. The van der Waals surface area contributed by atoms with Crippen LogP contribution in [0.3, 0.4) is 0 Å². The van der Waals surface area contributed by atoms with Crippen molar-refractivity contribution >= 4 is 15.9 Å². The Labute approximate surface area is 112 Å². The van der Waals surface area contributed by atoms with E-state index in [2.05, 4.69) is 46.7 Å². The summed E-state index contributed by atoms with van der Waals surface area (Å²) >= 11 is 3.31. The lowest BCUT2D eigenvalue weighted by molar-refractivity contribution is 0.288. The second-order valence-electron chi connectivity index (χ2n) is 3.48. The Hall–Kier alpha value is -0.710. The molecule has 96 valence electrons. The van der Waals surface area contributed by atoms with Crippen LogP contribution in [0, 0.1) is 0 Å². The zero-order chi connectivity index (χ0) is 13.1. The molecule has 0 aromatic carbocycles. The molecule has 4 heteroatoms. The Morgan fingerprint density at radius 1 is 1.53 bits per heavy atom. The van der Waals surface area contributed by atoms with E-state index in [9.17, 15) is 0 Å². The number of nitrogens with one attached hydrogen (secondary N) is 1. The molecule has 1 aromatic rings. The van der Waals surface area contributed by atoms with Crippen molar-refractivity contribution in [2.75, 3.05) is 13.2 Å². The summed E-state index contributed by atoms with van der Waals surface area (Å²) in [4.78, 5) is 4.30. The van der Waals surface area contributed by atoms with E-state index in [1.54, 1.807) is 6.08 Å². The third-order valence-electron chi connectivity index (χ3n) is 1.77. The highest BCUT2D eigenvalue weighted by atomic mass is 79.9. The third-order valence-corrected chi connectivity index (χ3v) is 2.21.